The molecule has 0 spiro atoms. The number of nitrogens with one attached hydrogen (secondary N) is 2. The van der Waals surface area contributed by atoms with Crippen molar-refractivity contribution in [1.82, 2.24) is 14.9 Å². The lowest BCUT2D eigenvalue weighted by atomic mass is 10.1. The minimum absolute atomic E-state index is 0.0423. The van der Waals surface area contributed by atoms with Crippen molar-refractivity contribution in [3.05, 3.63) is 42.0 Å². The zero-order chi connectivity index (χ0) is 17.4. The summed E-state index contributed by atoms with van der Waals surface area (Å²) in [5, 5.41) is 6.24. The number of carbonyl (C=O) groups is 1. The minimum Gasteiger partial charge on any atom is -0.377 e. The van der Waals surface area contributed by atoms with Gasteiger partial charge in [0.05, 0.1) is 37.4 Å². The van der Waals surface area contributed by atoms with Crippen LogP contribution in [0.25, 0.3) is 5.69 Å². The average molecular weight is 342 g/mol. The van der Waals surface area contributed by atoms with E-state index in [4.69, 9.17) is 9.47 Å². The molecule has 0 radical (unpaired) electrons. The molecule has 0 saturated carbocycles. The summed E-state index contributed by atoms with van der Waals surface area (Å²) in [6.07, 6.45) is 1.26. The number of aromatic nitrogens is 2. The monoisotopic (exact) mass is 342 g/mol. The number of morpholine rings is 1. The predicted molar refractivity (Wildman–Crippen MR) is 92.9 cm³/mol. The van der Waals surface area contributed by atoms with Crippen LogP contribution in [0.1, 0.15) is 11.4 Å². The van der Waals surface area contributed by atoms with Gasteiger partial charge in [-0.3, -0.25) is 4.79 Å². The number of anilines is 1. The molecule has 1 amide bonds. The van der Waals surface area contributed by atoms with Gasteiger partial charge < -0.3 is 24.7 Å². The third-order valence-electron chi connectivity index (χ3n) is 4.89. The molecule has 2 fully saturated rings. The van der Waals surface area contributed by atoms with Crippen molar-refractivity contribution in [2.45, 2.75) is 32.1 Å². The van der Waals surface area contributed by atoms with Gasteiger partial charge in [0, 0.05) is 23.6 Å². The van der Waals surface area contributed by atoms with Crippen molar-refractivity contribution in [2.75, 3.05) is 25.1 Å². The summed E-state index contributed by atoms with van der Waals surface area (Å²) in [6, 6.07) is 7.90. The zero-order valence-corrected chi connectivity index (χ0v) is 14.4. The Morgan fingerprint density at radius 3 is 2.80 bits per heavy atom. The van der Waals surface area contributed by atoms with Crippen LogP contribution in [0.5, 0.6) is 0 Å². The van der Waals surface area contributed by atoms with E-state index in [0.717, 1.165) is 22.8 Å². The summed E-state index contributed by atoms with van der Waals surface area (Å²) >= 11 is 0. The first-order valence-electron chi connectivity index (χ1n) is 8.50. The van der Waals surface area contributed by atoms with Crippen LogP contribution in [-0.2, 0) is 14.3 Å². The van der Waals surface area contributed by atoms with E-state index in [2.05, 4.69) is 15.6 Å². The summed E-state index contributed by atoms with van der Waals surface area (Å²) in [5.74, 6) is -0.139. The Hall–Kier alpha value is -2.22. The molecule has 2 aliphatic rings. The molecule has 2 N–H and O–H groups in total. The highest BCUT2D eigenvalue weighted by molar-refractivity contribution is 5.94. The first-order valence-corrected chi connectivity index (χ1v) is 8.50. The molecule has 7 heteroatoms. The number of fused-ring (bicyclic) bond motifs is 1. The van der Waals surface area contributed by atoms with Crippen LogP contribution in [0.3, 0.4) is 0 Å². The summed E-state index contributed by atoms with van der Waals surface area (Å²) in [5.41, 5.74) is 3.87. The Morgan fingerprint density at radius 1 is 1.28 bits per heavy atom. The van der Waals surface area contributed by atoms with Crippen LogP contribution >= 0.6 is 0 Å². The van der Waals surface area contributed by atoms with E-state index < -0.39 is 6.10 Å². The number of imidazole rings is 1. The maximum Gasteiger partial charge on any atom is 0.254 e. The van der Waals surface area contributed by atoms with E-state index in [9.17, 15) is 4.79 Å². The van der Waals surface area contributed by atoms with Gasteiger partial charge >= 0.3 is 0 Å². The molecule has 1 aromatic carbocycles. The third kappa shape index (κ3) is 3.18. The Balaban J connectivity index is 1.41. The number of aryl methyl sites for hydroxylation is 1. The molecular formula is C18H22N4O3. The molecule has 132 valence electrons. The first-order chi connectivity index (χ1) is 12.1. The van der Waals surface area contributed by atoms with Crippen LogP contribution in [0, 0.1) is 13.8 Å². The normalized spacial score (nSPS) is 25.6. The Kier molecular flexibility index (Phi) is 4.29. The van der Waals surface area contributed by atoms with E-state index in [0.29, 0.717) is 19.8 Å². The van der Waals surface area contributed by atoms with Gasteiger partial charge in [-0.15, -0.1) is 0 Å². The van der Waals surface area contributed by atoms with Crippen LogP contribution < -0.4 is 10.6 Å². The highest BCUT2D eigenvalue weighted by atomic mass is 16.6. The largest absolute Gasteiger partial charge is 0.377 e. The Bertz CT molecular complexity index is 771. The number of amides is 1. The predicted octanol–water partition coefficient (Wildman–Crippen LogP) is 1.18. The standard InChI is InChI=1S/C18H22N4O3/c1-11-12(2)22(10-20-11)14-5-3-13(4-6-14)21-18(23)16-7-19-15-8-24-9-17(15)25-16/h3-6,10,15-17,19H,7-9H2,1-2H3,(H,21,23). The van der Waals surface area contributed by atoms with Gasteiger partial charge in [-0.1, -0.05) is 0 Å². The molecule has 0 bridgehead atoms. The van der Waals surface area contributed by atoms with E-state index in [1.165, 1.54) is 0 Å². The molecule has 2 aromatic rings. The van der Waals surface area contributed by atoms with Crippen molar-refractivity contribution in [2.24, 2.45) is 0 Å². The Morgan fingerprint density at radius 2 is 2.08 bits per heavy atom. The fraction of sp³-hybridized carbons (Fsp3) is 0.444. The summed E-state index contributed by atoms with van der Waals surface area (Å²) in [4.78, 5) is 16.7. The maximum atomic E-state index is 12.4. The molecule has 4 rings (SSSR count). The van der Waals surface area contributed by atoms with E-state index in [1.807, 2.05) is 42.7 Å². The fourth-order valence-corrected chi connectivity index (χ4v) is 3.22. The summed E-state index contributed by atoms with van der Waals surface area (Å²) in [6.45, 7) is 5.71. The van der Waals surface area contributed by atoms with Gasteiger partial charge in [-0.05, 0) is 38.1 Å². The van der Waals surface area contributed by atoms with Crippen molar-refractivity contribution >= 4 is 11.6 Å². The van der Waals surface area contributed by atoms with E-state index in [-0.39, 0.29) is 18.1 Å². The van der Waals surface area contributed by atoms with Crippen molar-refractivity contribution < 1.29 is 14.3 Å². The fourth-order valence-electron chi connectivity index (χ4n) is 3.22. The molecule has 0 aliphatic carbocycles. The lowest BCUT2D eigenvalue weighted by Gasteiger charge is -2.31. The molecule has 3 atom stereocenters. The smallest absolute Gasteiger partial charge is 0.254 e. The van der Waals surface area contributed by atoms with Crippen molar-refractivity contribution in [3.63, 3.8) is 0 Å². The number of nitrogens with zero attached hydrogens (tertiary/aromatic N) is 2. The maximum absolute atomic E-state index is 12.4. The average Bonchev–Trinajstić information content (AvgIpc) is 3.22. The van der Waals surface area contributed by atoms with Gasteiger partial charge in [0.2, 0.25) is 0 Å². The molecule has 1 aromatic heterocycles. The van der Waals surface area contributed by atoms with Gasteiger partial charge in [0.25, 0.3) is 5.91 Å². The molecule has 7 nitrogen and oxygen atoms in total. The SMILES string of the molecule is Cc1ncn(-c2ccc(NC(=O)C3CNC4COCC4O3)cc2)c1C. The molecule has 3 heterocycles. The minimum atomic E-state index is -0.499. The van der Waals surface area contributed by atoms with Crippen LogP contribution in [-0.4, -0.2) is 53.5 Å². The number of hydrogen-bond acceptors (Lipinski definition) is 5. The van der Waals surface area contributed by atoms with E-state index in [1.54, 1.807) is 6.33 Å². The van der Waals surface area contributed by atoms with Gasteiger partial charge in [0.1, 0.15) is 6.10 Å². The van der Waals surface area contributed by atoms with Crippen LogP contribution in [0.2, 0.25) is 0 Å². The quantitative estimate of drug-likeness (QED) is 0.876. The van der Waals surface area contributed by atoms with Gasteiger partial charge in [-0.25, -0.2) is 4.98 Å². The van der Waals surface area contributed by atoms with Crippen molar-refractivity contribution in [3.8, 4) is 5.69 Å². The van der Waals surface area contributed by atoms with Crippen molar-refractivity contribution in [1.29, 1.82) is 0 Å². The number of benzene rings is 1. The van der Waals surface area contributed by atoms with Gasteiger partial charge in [-0.2, -0.15) is 0 Å². The van der Waals surface area contributed by atoms with Crippen LogP contribution in [0.4, 0.5) is 5.69 Å². The summed E-state index contributed by atoms with van der Waals surface area (Å²) in [7, 11) is 0. The third-order valence-corrected chi connectivity index (χ3v) is 4.89. The first kappa shape index (κ1) is 16.3. The molecule has 2 aliphatic heterocycles. The molecule has 25 heavy (non-hydrogen) atoms. The topological polar surface area (TPSA) is 77.4 Å². The number of carbonyl (C=O) groups excluding carboxylic acids is 1. The second kappa shape index (κ2) is 6.59. The lowest BCUT2D eigenvalue weighted by molar-refractivity contribution is -0.135. The zero-order valence-electron chi connectivity index (χ0n) is 14.4. The highest BCUT2D eigenvalue weighted by Crippen LogP contribution is 2.19. The lowest BCUT2D eigenvalue weighted by Crippen LogP contribution is -2.55. The molecule has 3 unspecified atom stereocenters. The Labute approximate surface area is 146 Å². The number of ether oxygens (including phenoxy) is 2. The second-order valence-electron chi connectivity index (χ2n) is 6.54. The number of hydrogen-bond donors (Lipinski definition) is 2. The van der Waals surface area contributed by atoms with E-state index >= 15 is 0 Å². The summed E-state index contributed by atoms with van der Waals surface area (Å²) < 4.78 is 13.2. The van der Waals surface area contributed by atoms with Crippen LogP contribution in [0.15, 0.2) is 30.6 Å². The number of rotatable bonds is 3. The molecule has 2 saturated heterocycles. The van der Waals surface area contributed by atoms with Gasteiger partial charge in [0.15, 0.2) is 0 Å². The molecular weight excluding hydrogens is 320 g/mol. The second-order valence-corrected chi connectivity index (χ2v) is 6.54. The highest BCUT2D eigenvalue weighted by Gasteiger charge is 2.37.